The molecule has 166 valence electrons. The van der Waals surface area contributed by atoms with Crippen molar-refractivity contribution in [3.8, 4) is 11.5 Å². The van der Waals surface area contributed by atoms with E-state index in [1.807, 2.05) is 12.1 Å². The number of phenolic OH excluding ortho intramolecular Hbond substituents is 1. The molecule has 0 unspecified atom stereocenters. The number of carbonyl (C=O) groups is 1. The molecule has 1 saturated heterocycles. The summed E-state index contributed by atoms with van der Waals surface area (Å²) in [5.74, 6) is -0.0776. The predicted molar refractivity (Wildman–Crippen MR) is 117 cm³/mol. The fourth-order valence-electron chi connectivity index (χ4n) is 4.42. The van der Waals surface area contributed by atoms with Gasteiger partial charge in [0.15, 0.2) is 0 Å². The van der Waals surface area contributed by atoms with Gasteiger partial charge in [0.25, 0.3) is 5.91 Å². The van der Waals surface area contributed by atoms with Gasteiger partial charge in [0.1, 0.15) is 24.2 Å². The van der Waals surface area contributed by atoms with E-state index in [0.29, 0.717) is 18.7 Å². The monoisotopic (exact) mass is 446 g/mol. The summed E-state index contributed by atoms with van der Waals surface area (Å²) in [5, 5.41) is 23.5. The lowest BCUT2D eigenvalue weighted by molar-refractivity contribution is -0.0835. The smallest absolute Gasteiger partial charge is 0.254 e. The maximum atomic E-state index is 12.0. The van der Waals surface area contributed by atoms with Crippen LogP contribution in [0.4, 0.5) is 0 Å². The topological polar surface area (TPSA) is 91.3 Å². The number of aliphatic hydroxyl groups is 1. The number of nitrogens with zero attached hydrogens (tertiary/aromatic N) is 1. The number of nitrogens with one attached hydrogen (secondary N) is 1. The second-order valence-electron chi connectivity index (χ2n) is 8.11. The van der Waals surface area contributed by atoms with Crippen molar-refractivity contribution in [1.29, 1.82) is 0 Å². The lowest BCUT2D eigenvalue weighted by Crippen LogP contribution is -2.46. The van der Waals surface area contributed by atoms with Crippen LogP contribution in [0.1, 0.15) is 34.3 Å². The first kappa shape index (κ1) is 21.9. The molecule has 2 aromatic rings. The zero-order valence-corrected chi connectivity index (χ0v) is 18.2. The molecule has 2 aromatic carbocycles. The van der Waals surface area contributed by atoms with Gasteiger partial charge in [-0.05, 0) is 48.2 Å². The minimum Gasteiger partial charge on any atom is -0.508 e. The van der Waals surface area contributed by atoms with Gasteiger partial charge in [0, 0.05) is 37.8 Å². The van der Waals surface area contributed by atoms with E-state index in [9.17, 15) is 15.0 Å². The maximum Gasteiger partial charge on any atom is 0.254 e. The zero-order chi connectivity index (χ0) is 22.0. The quantitative estimate of drug-likeness (QED) is 0.632. The number of aromatic hydroxyl groups is 1. The Balaban J connectivity index is 1.31. The molecular weight excluding hydrogens is 420 g/mol. The van der Waals surface area contributed by atoms with Gasteiger partial charge in [-0.3, -0.25) is 4.79 Å². The molecule has 0 radical (unpaired) electrons. The summed E-state index contributed by atoms with van der Waals surface area (Å²) >= 11 is 6.11. The van der Waals surface area contributed by atoms with Gasteiger partial charge in [-0.25, -0.2) is 0 Å². The van der Waals surface area contributed by atoms with Crippen molar-refractivity contribution in [3.63, 3.8) is 0 Å². The lowest BCUT2D eigenvalue weighted by atomic mass is 9.84. The number of hydrogen-bond acceptors (Lipinski definition) is 6. The van der Waals surface area contributed by atoms with Crippen LogP contribution in [-0.4, -0.2) is 60.4 Å². The molecule has 2 aliphatic rings. The highest BCUT2D eigenvalue weighted by atomic mass is 35.5. The van der Waals surface area contributed by atoms with Crippen molar-refractivity contribution < 1.29 is 24.5 Å². The van der Waals surface area contributed by atoms with E-state index >= 15 is 0 Å². The van der Waals surface area contributed by atoms with Crippen molar-refractivity contribution in [3.05, 3.63) is 58.1 Å². The summed E-state index contributed by atoms with van der Waals surface area (Å²) in [6.45, 7) is 2.66. The standard InChI is InChI=1S/C23H27ClN2O5/c1-25-22(29)19-4-3-17(27)11-21(19)30-14-18(28)12-26-8-6-23(7-9-26)20-5-2-16(24)10-15(20)13-31-23/h2-5,10-11,18,27-28H,6-9,12-14H2,1H3,(H,25,29)/t18-/m1/s1. The van der Waals surface area contributed by atoms with Crippen molar-refractivity contribution in [1.82, 2.24) is 10.2 Å². The minimum absolute atomic E-state index is 0.00314. The SMILES string of the molecule is CNC(=O)c1ccc(O)cc1OC[C@H](O)CN1CCC2(CC1)OCc1cc(Cl)ccc12. The third-order valence-electron chi connectivity index (χ3n) is 6.06. The molecule has 2 heterocycles. The Morgan fingerprint density at radius 2 is 2.06 bits per heavy atom. The van der Waals surface area contributed by atoms with Gasteiger partial charge in [-0.2, -0.15) is 0 Å². The Hall–Kier alpha value is -2.32. The summed E-state index contributed by atoms with van der Waals surface area (Å²) in [6.07, 6.45) is 0.968. The van der Waals surface area contributed by atoms with Crippen LogP contribution in [0.5, 0.6) is 11.5 Å². The molecule has 0 saturated carbocycles. The second kappa shape index (κ2) is 9.04. The maximum absolute atomic E-state index is 12.0. The first-order valence-corrected chi connectivity index (χ1v) is 10.8. The Morgan fingerprint density at radius 3 is 2.81 bits per heavy atom. The Morgan fingerprint density at radius 1 is 1.29 bits per heavy atom. The summed E-state index contributed by atoms with van der Waals surface area (Å²) in [4.78, 5) is 14.2. The highest BCUT2D eigenvalue weighted by molar-refractivity contribution is 6.30. The number of likely N-dealkylation sites (tertiary alicyclic amines) is 1. The third-order valence-corrected chi connectivity index (χ3v) is 6.30. The van der Waals surface area contributed by atoms with E-state index in [1.54, 1.807) is 0 Å². The van der Waals surface area contributed by atoms with E-state index in [4.69, 9.17) is 21.1 Å². The average Bonchev–Trinajstić information content (AvgIpc) is 3.10. The number of fused-ring (bicyclic) bond motifs is 2. The van der Waals surface area contributed by atoms with Crippen molar-refractivity contribution in [2.24, 2.45) is 0 Å². The van der Waals surface area contributed by atoms with E-state index in [0.717, 1.165) is 36.5 Å². The molecular formula is C23H27ClN2O5. The molecule has 31 heavy (non-hydrogen) atoms. The normalized spacial score (nSPS) is 18.5. The van der Waals surface area contributed by atoms with Crippen LogP contribution < -0.4 is 10.1 Å². The number of phenols is 1. The van der Waals surface area contributed by atoms with Crippen LogP contribution in [0.15, 0.2) is 36.4 Å². The molecule has 2 aliphatic heterocycles. The molecule has 1 spiro atoms. The number of carbonyl (C=O) groups excluding carboxylic acids is 1. The molecule has 1 atom stereocenters. The number of piperidine rings is 1. The molecule has 0 bridgehead atoms. The number of β-amino-alcohol motifs (C(OH)–C–C–N with tert-alkyl or cyclic N) is 1. The second-order valence-corrected chi connectivity index (χ2v) is 8.55. The number of halogens is 1. The first-order valence-electron chi connectivity index (χ1n) is 10.4. The van der Waals surface area contributed by atoms with Crippen LogP contribution in [-0.2, 0) is 16.9 Å². The number of ether oxygens (including phenoxy) is 2. The van der Waals surface area contributed by atoms with Gasteiger partial charge in [0.05, 0.1) is 17.8 Å². The van der Waals surface area contributed by atoms with Crippen molar-refractivity contribution >= 4 is 17.5 Å². The highest BCUT2D eigenvalue weighted by Crippen LogP contribution is 2.44. The van der Waals surface area contributed by atoms with Crippen molar-refractivity contribution in [2.45, 2.75) is 31.2 Å². The van der Waals surface area contributed by atoms with Crippen LogP contribution >= 0.6 is 11.6 Å². The molecule has 0 aromatic heterocycles. The Kier molecular flexibility index (Phi) is 6.39. The minimum atomic E-state index is -0.732. The van der Waals surface area contributed by atoms with Crippen molar-refractivity contribution in [2.75, 3.05) is 33.3 Å². The number of rotatable bonds is 6. The summed E-state index contributed by atoms with van der Waals surface area (Å²) in [5.41, 5.74) is 2.44. The Labute approximate surface area is 186 Å². The van der Waals surface area contributed by atoms with Gasteiger partial charge >= 0.3 is 0 Å². The zero-order valence-electron chi connectivity index (χ0n) is 17.4. The van der Waals surface area contributed by atoms with Crippen LogP contribution in [0, 0.1) is 0 Å². The molecule has 7 nitrogen and oxygen atoms in total. The number of hydrogen-bond donors (Lipinski definition) is 3. The fourth-order valence-corrected chi connectivity index (χ4v) is 4.61. The Bertz CT molecular complexity index is 959. The molecule has 8 heteroatoms. The summed E-state index contributed by atoms with van der Waals surface area (Å²) < 4.78 is 11.8. The summed E-state index contributed by atoms with van der Waals surface area (Å²) in [6, 6.07) is 10.3. The van der Waals surface area contributed by atoms with Gasteiger partial charge in [-0.1, -0.05) is 17.7 Å². The number of aliphatic hydroxyl groups excluding tert-OH is 1. The fraction of sp³-hybridized carbons (Fsp3) is 0.435. The molecule has 0 aliphatic carbocycles. The van der Waals surface area contributed by atoms with E-state index < -0.39 is 6.10 Å². The van der Waals surface area contributed by atoms with Crippen LogP contribution in [0.25, 0.3) is 0 Å². The predicted octanol–water partition coefficient (Wildman–Crippen LogP) is 2.67. The van der Waals surface area contributed by atoms with Gasteiger partial charge in [-0.15, -0.1) is 0 Å². The van der Waals surface area contributed by atoms with Gasteiger partial charge in [0.2, 0.25) is 0 Å². The van der Waals surface area contributed by atoms with Gasteiger partial charge < -0.3 is 29.9 Å². The summed E-state index contributed by atoms with van der Waals surface area (Å²) in [7, 11) is 1.53. The molecule has 4 rings (SSSR count). The van der Waals surface area contributed by atoms with E-state index in [-0.39, 0.29) is 29.6 Å². The molecule has 1 fully saturated rings. The number of amides is 1. The highest BCUT2D eigenvalue weighted by Gasteiger charge is 2.42. The van der Waals surface area contributed by atoms with Crippen LogP contribution in [0.2, 0.25) is 5.02 Å². The lowest BCUT2D eigenvalue weighted by Gasteiger charge is -2.39. The third kappa shape index (κ3) is 4.65. The van der Waals surface area contributed by atoms with E-state index in [1.165, 1.54) is 30.8 Å². The largest absolute Gasteiger partial charge is 0.508 e. The average molecular weight is 447 g/mol. The van der Waals surface area contributed by atoms with Crippen LogP contribution in [0.3, 0.4) is 0 Å². The van der Waals surface area contributed by atoms with E-state index in [2.05, 4.69) is 16.3 Å². The molecule has 3 N–H and O–H groups in total. The molecule has 1 amide bonds. The first-order chi connectivity index (χ1) is 14.9. The number of benzene rings is 2.